The highest BCUT2D eigenvalue weighted by molar-refractivity contribution is 5.35. The van der Waals surface area contributed by atoms with Crippen molar-refractivity contribution in [3.63, 3.8) is 0 Å². The summed E-state index contributed by atoms with van der Waals surface area (Å²) in [5.41, 5.74) is 2.55. The molecule has 0 radical (unpaired) electrons. The van der Waals surface area contributed by atoms with Crippen molar-refractivity contribution in [1.29, 1.82) is 0 Å². The van der Waals surface area contributed by atoms with Gasteiger partial charge in [-0.15, -0.1) is 0 Å². The molecule has 0 unspecified atom stereocenters. The summed E-state index contributed by atoms with van der Waals surface area (Å²) < 4.78 is 5.42. The number of rotatable bonds is 8. The molecule has 4 N–H and O–H groups in total. The summed E-state index contributed by atoms with van der Waals surface area (Å²) >= 11 is 0. The Balaban J connectivity index is 2.78. The van der Waals surface area contributed by atoms with E-state index in [0.717, 1.165) is 13.0 Å². The monoisotopic (exact) mass is 282 g/mol. The van der Waals surface area contributed by atoms with E-state index in [1.54, 1.807) is 0 Å². The summed E-state index contributed by atoms with van der Waals surface area (Å²) in [6, 6.07) is 0.277. The van der Waals surface area contributed by atoms with Gasteiger partial charge >= 0.3 is 6.01 Å². The molecule has 0 aliphatic carbocycles. The SMILES string of the molecule is CCCOc1nc(NN)nc(NCC(C)(C)C(C)C)n1. The number of hydrogen-bond donors (Lipinski definition) is 3. The summed E-state index contributed by atoms with van der Waals surface area (Å²) in [6.45, 7) is 12.1. The second-order valence-electron chi connectivity index (χ2n) is 5.75. The van der Waals surface area contributed by atoms with Crippen LogP contribution < -0.4 is 21.3 Å². The molecule has 7 nitrogen and oxygen atoms in total. The summed E-state index contributed by atoms with van der Waals surface area (Å²) in [6.07, 6.45) is 0.889. The Kier molecular flexibility index (Phi) is 5.94. The van der Waals surface area contributed by atoms with Gasteiger partial charge in [0, 0.05) is 6.54 Å². The number of nitrogens with two attached hydrogens (primary N) is 1. The largest absolute Gasteiger partial charge is 0.463 e. The normalized spacial score (nSPS) is 11.6. The molecule has 0 atom stereocenters. The maximum atomic E-state index is 5.42. The van der Waals surface area contributed by atoms with Crippen molar-refractivity contribution in [3.8, 4) is 6.01 Å². The third-order valence-corrected chi connectivity index (χ3v) is 3.44. The first-order valence-corrected chi connectivity index (χ1v) is 6.98. The zero-order valence-electron chi connectivity index (χ0n) is 13.0. The van der Waals surface area contributed by atoms with Crippen molar-refractivity contribution < 1.29 is 4.74 Å². The fourth-order valence-corrected chi connectivity index (χ4v) is 1.27. The summed E-state index contributed by atoms with van der Waals surface area (Å²) in [7, 11) is 0. The maximum absolute atomic E-state index is 5.42. The van der Waals surface area contributed by atoms with Gasteiger partial charge in [0.25, 0.3) is 0 Å². The van der Waals surface area contributed by atoms with Crippen LogP contribution in [0.2, 0.25) is 0 Å². The van der Waals surface area contributed by atoms with E-state index in [1.165, 1.54) is 0 Å². The Morgan fingerprint density at radius 1 is 1.20 bits per heavy atom. The van der Waals surface area contributed by atoms with Crippen LogP contribution in [0.5, 0.6) is 6.01 Å². The molecule has 20 heavy (non-hydrogen) atoms. The quantitative estimate of drug-likeness (QED) is 0.495. The predicted octanol–water partition coefficient (Wildman–Crippen LogP) is 2.04. The first kappa shape index (κ1) is 16.4. The average molecular weight is 282 g/mol. The fourth-order valence-electron chi connectivity index (χ4n) is 1.27. The number of hydrazine groups is 1. The van der Waals surface area contributed by atoms with E-state index >= 15 is 0 Å². The molecule has 1 aromatic heterocycles. The Morgan fingerprint density at radius 2 is 1.85 bits per heavy atom. The molecule has 1 heterocycles. The van der Waals surface area contributed by atoms with Crippen LogP contribution in [0.15, 0.2) is 0 Å². The minimum Gasteiger partial charge on any atom is -0.463 e. The van der Waals surface area contributed by atoms with Crippen molar-refractivity contribution in [1.82, 2.24) is 15.0 Å². The highest BCUT2D eigenvalue weighted by Gasteiger charge is 2.22. The van der Waals surface area contributed by atoms with E-state index < -0.39 is 0 Å². The second-order valence-corrected chi connectivity index (χ2v) is 5.75. The van der Waals surface area contributed by atoms with Gasteiger partial charge in [-0.1, -0.05) is 34.6 Å². The minimum atomic E-state index is 0.132. The Labute approximate surface area is 120 Å². The van der Waals surface area contributed by atoms with E-state index in [0.29, 0.717) is 18.5 Å². The topological polar surface area (TPSA) is 98.0 Å². The number of nitrogens with zero attached hydrogens (tertiary/aromatic N) is 3. The van der Waals surface area contributed by atoms with Crippen LogP contribution in [0.4, 0.5) is 11.9 Å². The molecule has 7 heteroatoms. The van der Waals surface area contributed by atoms with E-state index in [2.05, 4.69) is 53.4 Å². The van der Waals surface area contributed by atoms with Gasteiger partial charge in [0.05, 0.1) is 6.61 Å². The van der Waals surface area contributed by atoms with Crippen molar-refractivity contribution in [2.75, 3.05) is 23.9 Å². The molecule has 0 saturated carbocycles. The van der Waals surface area contributed by atoms with Crippen LogP contribution in [0.1, 0.15) is 41.0 Å². The van der Waals surface area contributed by atoms with Gasteiger partial charge in [-0.25, -0.2) is 5.84 Å². The number of hydrogen-bond acceptors (Lipinski definition) is 7. The molecule has 0 amide bonds. The van der Waals surface area contributed by atoms with E-state index in [9.17, 15) is 0 Å². The summed E-state index contributed by atoms with van der Waals surface area (Å²) in [4.78, 5) is 12.5. The Bertz CT molecular complexity index is 421. The number of nitrogens with one attached hydrogen (secondary N) is 2. The van der Waals surface area contributed by atoms with E-state index in [-0.39, 0.29) is 17.4 Å². The van der Waals surface area contributed by atoms with Crippen molar-refractivity contribution >= 4 is 11.9 Å². The third-order valence-electron chi connectivity index (χ3n) is 3.44. The van der Waals surface area contributed by atoms with Gasteiger partial charge in [-0.2, -0.15) is 15.0 Å². The van der Waals surface area contributed by atoms with Crippen LogP contribution in [0, 0.1) is 11.3 Å². The molecule has 0 bridgehead atoms. The number of nitrogen functional groups attached to an aromatic ring is 1. The predicted molar refractivity (Wildman–Crippen MR) is 80.5 cm³/mol. The molecule has 0 saturated heterocycles. The molecular weight excluding hydrogens is 256 g/mol. The molecule has 114 valence electrons. The van der Waals surface area contributed by atoms with Gasteiger partial charge in [0.1, 0.15) is 0 Å². The zero-order chi connectivity index (χ0) is 15.2. The fraction of sp³-hybridized carbons (Fsp3) is 0.769. The average Bonchev–Trinajstić information content (AvgIpc) is 2.42. The van der Waals surface area contributed by atoms with Crippen molar-refractivity contribution in [2.45, 2.75) is 41.0 Å². The first-order chi connectivity index (χ1) is 9.39. The maximum Gasteiger partial charge on any atom is 0.323 e. The van der Waals surface area contributed by atoms with Gasteiger partial charge in [-0.3, -0.25) is 5.43 Å². The minimum absolute atomic E-state index is 0.132. The van der Waals surface area contributed by atoms with Crippen LogP contribution in [-0.2, 0) is 0 Å². The molecular formula is C13H26N6O. The molecule has 0 aliphatic heterocycles. The molecule has 1 aromatic rings. The summed E-state index contributed by atoms with van der Waals surface area (Å²) in [5, 5.41) is 3.22. The van der Waals surface area contributed by atoms with Gasteiger partial charge in [0.15, 0.2) is 0 Å². The van der Waals surface area contributed by atoms with Crippen LogP contribution in [-0.4, -0.2) is 28.1 Å². The lowest BCUT2D eigenvalue weighted by molar-refractivity contribution is 0.268. The molecule has 0 aliphatic rings. The second kappa shape index (κ2) is 7.23. The Hall–Kier alpha value is -1.63. The molecule has 1 rings (SSSR count). The standard InChI is InChI=1S/C13H26N6O/c1-6-7-20-12-17-10(16-11(18-12)19-14)15-8-13(4,5)9(2)3/h9H,6-8,14H2,1-5H3,(H2,15,16,17,18,19). The number of ether oxygens (including phenoxy) is 1. The molecule has 0 aromatic carbocycles. The summed E-state index contributed by atoms with van der Waals surface area (Å²) in [5.74, 6) is 6.66. The van der Waals surface area contributed by atoms with Crippen LogP contribution in [0.25, 0.3) is 0 Å². The molecule has 0 fully saturated rings. The van der Waals surface area contributed by atoms with Crippen molar-refractivity contribution in [2.24, 2.45) is 17.2 Å². The lowest BCUT2D eigenvalue weighted by Gasteiger charge is -2.29. The Morgan fingerprint density at radius 3 is 2.40 bits per heavy atom. The smallest absolute Gasteiger partial charge is 0.323 e. The van der Waals surface area contributed by atoms with Crippen LogP contribution >= 0.6 is 0 Å². The van der Waals surface area contributed by atoms with Gasteiger partial charge in [0.2, 0.25) is 11.9 Å². The highest BCUT2D eigenvalue weighted by atomic mass is 16.5. The number of aromatic nitrogens is 3. The molecule has 0 spiro atoms. The first-order valence-electron chi connectivity index (χ1n) is 6.98. The number of anilines is 2. The zero-order valence-corrected chi connectivity index (χ0v) is 13.0. The van der Waals surface area contributed by atoms with Gasteiger partial charge in [-0.05, 0) is 17.8 Å². The van der Waals surface area contributed by atoms with E-state index in [1.807, 2.05) is 6.92 Å². The third kappa shape index (κ3) is 4.80. The lowest BCUT2D eigenvalue weighted by Crippen LogP contribution is -2.29. The lowest BCUT2D eigenvalue weighted by atomic mass is 9.81. The van der Waals surface area contributed by atoms with Crippen LogP contribution in [0.3, 0.4) is 0 Å². The van der Waals surface area contributed by atoms with E-state index in [4.69, 9.17) is 10.6 Å². The van der Waals surface area contributed by atoms with Gasteiger partial charge < -0.3 is 10.1 Å². The van der Waals surface area contributed by atoms with Crippen molar-refractivity contribution in [3.05, 3.63) is 0 Å². The highest BCUT2D eigenvalue weighted by Crippen LogP contribution is 2.26.